The van der Waals surface area contributed by atoms with E-state index in [1.807, 2.05) is 19.2 Å². The monoisotopic (exact) mass is 169 g/mol. The van der Waals surface area contributed by atoms with Gasteiger partial charge in [-0.05, 0) is 19.9 Å². The normalized spacial score (nSPS) is 16.0. The van der Waals surface area contributed by atoms with E-state index in [1.165, 1.54) is 0 Å². The van der Waals surface area contributed by atoms with E-state index in [2.05, 4.69) is 5.10 Å². The Kier molecular flexibility index (Phi) is 2.49. The largest absolute Gasteiger partial charge is 0.394 e. The molecule has 0 aliphatic carbocycles. The summed E-state index contributed by atoms with van der Waals surface area (Å²) < 4.78 is 1.79. The van der Waals surface area contributed by atoms with Gasteiger partial charge in [-0.3, -0.25) is 4.68 Å². The summed E-state index contributed by atoms with van der Waals surface area (Å²) in [5.74, 6) is 0. The molecule has 0 aliphatic rings. The lowest BCUT2D eigenvalue weighted by molar-refractivity contribution is 0.206. The highest BCUT2D eigenvalue weighted by Gasteiger charge is 2.22. The third-order valence-electron chi connectivity index (χ3n) is 1.88. The Labute approximate surface area is 72.0 Å². The van der Waals surface area contributed by atoms with Gasteiger partial charge in [-0.2, -0.15) is 5.10 Å². The fourth-order valence-electron chi connectivity index (χ4n) is 0.923. The Balaban J connectivity index is 2.88. The van der Waals surface area contributed by atoms with Crippen molar-refractivity contribution in [3.05, 3.63) is 18.0 Å². The number of aryl methyl sites for hydroxylation is 1. The summed E-state index contributed by atoms with van der Waals surface area (Å²) in [7, 11) is 0. The first kappa shape index (κ1) is 9.22. The first-order chi connectivity index (χ1) is 5.60. The van der Waals surface area contributed by atoms with Gasteiger partial charge in [0.05, 0.1) is 17.8 Å². The van der Waals surface area contributed by atoms with Crippen LogP contribution in [0, 0.1) is 0 Å². The van der Waals surface area contributed by atoms with Crippen LogP contribution in [0.5, 0.6) is 0 Å². The minimum absolute atomic E-state index is 0.0896. The van der Waals surface area contributed by atoms with Crippen LogP contribution < -0.4 is 5.73 Å². The van der Waals surface area contributed by atoms with Crippen LogP contribution in [-0.4, -0.2) is 21.5 Å². The van der Waals surface area contributed by atoms with Gasteiger partial charge in [0.25, 0.3) is 0 Å². The average molecular weight is 169 g/mol. The van der Waals surface area contributed by atoms with E-state index in [9.17, 15) is 0 Å². The maximum Gasteiger partial charge on any atom is 0.0843 e. The molecule has 0 spiro atoms. The molecule has 1 aromatic heterocycles. The molecule has 1 rings (SSSR count). The topological polar surface area (TPSA) is 64.1 Å². The van der Waals surface area contributed by atoms with E-state index >= 15 is 0 Å². The molecule has 1 atom stereocenters. The minimum atomic E-state index is -0.722. The summed E-state index contributed by atoms with van der Waals surface area (Å²) in [6.07, 6.45) is 1.86. The minimum Gasteiger partial charge on any atom is -0.394 e. The van der Waals surface area contributed by atoms with Crippen molar-refractivity contribution in [1.29, 1.82) is 0 Å². The Bertz CT molecular complexity index is 255. The highest BCUT2D eigenvalue weighted by Crippen LogP contribution is 2.13. The molecule has 0 bridgehead atoms. The molecule has 1 heterocycles. The summed E-state index contributed by atoms with van der Waals surface area (Å²) in [4.78, 5) is 0. The Morgan fingerprint density at radius 1 is 1.75 bits per heavy atom. The summed E-state index contributed by atoms with van der Waals surface area (Å²) in [6.45, 7) is 4.49. The van der Waals surface area contributed by atoms with Crippen molar-refractivity contribution in [3.8, 4) is 0 Å². The van der Waals surface area contributed by atoms with E-state index in [1.54, 1.807) is 11.6 Å². The molecule has 0 fully saturated rings. The number of nitrogens with zero attached hydrogens (tertiary/aromatic N) is 2. The molecule has 4 nitrogen and oxygen atoms in total. The fraction of sp³-hybridized carbons (Fsp3) is 0.625. The van der Waals surface area contributed by atoms with Crippen molar-refractivity contribution in [2.45, 2.75) is 25.9 Å². The molecule has 0 aliphatic heterocycles. The number of hydrogen-bond donors (Lipinski definition) is 2. The number of aromatic nitrogens is 2. The molecule has 12 heavy (non-hydrogen) atoms. The van der Waals surface area contributed by atoms with Crippen molar-refractivity contribution in [3.63, 3.8) is 0 Å². The first-order valence-corrected chi connectivity index (χ1v) is 4.04. The first-order valence-electron chi connectivity index (χ1n) is 4.04. The van der Waals surface area contributed by atoms with Gasteiger partial charge >= 0.3 is 0 Å². The van der Waals surface area contributed by atoms with Gasteiger partial charge in [0.15, 0.2) is 0 Å². The SMILES string of the molecule is CCn1ccc(C(C)(N)CO)n1. The van der Waals surface area contributed by atoms with Gasteiger partial charge in [-0.25, -0.2) is 0 Å². The lowest BCUT2D eigenvalue weighted by Crippen LogP contribution is -2.37. The predicted molar refractivity (Wildman–Crippen MR) is 46.5 cm³/mol. The van der Waals surface area contributed by atoms with Gasteiger partial charge in [0.2, 0.25) is 0 Å². The van der Waals surface area contributed by atoms with Gasteiger partial charge in [-0.15, -0.1) is 0 Å². The third-order valence-corrected chi connectivity index (χ3v) is 1.88. The van der Waals surface area contributed by atoms with E-state index in [4.69, 9.17) is 10.8 Å². The molecule has 0 amide bonds. The highest BCUT2D eigenvalue weighted by molar-refractivity contribution is 5.11. The number of aliphatic hydroxyl groups excluding tert-OH is 1. The zero-order chi connectivity index (χ0) is 9.19. The molecule has 3 N–H and O–H groups in total. The van der Waals surface area contributed by atoms with Crippen LogP contribution in [0.25, 0.3) is 0 Å². The predicted octanol–water partition coefficient (Wildman–Crippen LogP) is 0.0692. The van der Waals surface area contributed by atoms with E-state index in [0.717, 1.165) is 12.2 Å². The molecular weight excluding hydrogens is 154 g/mol. The molecule has 0 saturated carbocycles. The van der Waals surface area contributed by atoms with E-state index in [-0.39, 0.29) is 6.61 Å². The van der Waals surface area contributed by atoms with Gasteiger partial charge < -0.3 is 10.8 Å². The second-order valence-electron chi connectivity index (χ2n) is 3.13. The van der Waals surface area contributed by atoms with E-state index < -0.39 is 5.54 Å². The lowest BCUT2D eigenvalue weighted by Gasteiger charge is -2.18. The van der Waals surface area contributed by atoms with Crippen molar-refractivity contribution >= 4 is 0 Å². The van der Waals surface area contributed by atoms with Crippen LogP contribution in [0.15, 0.2) is 12.3 Å². The summed E-state index contributed by atoms with van der Waals surface area (Å²) in [5, 5.41) is 13.2. The Morgan fingerprint density at radius 2 is 2.42 bits per heavy atom. The van der Waals surface area contributed by atoms with Gasteiger partial charge in [-0.1, -0.05) is 0 Å². The standard InChI is InChI=1S/C8H15N3O/c1-3-11-5-4-7(10-11)8(2,9)6-12/h4-5,12H,3,6,9H2,1-2H3. The Hall–Kier alpha value is -0.870. The van der Waals surface area contributed by atoms with Crippen molar-refractivity contribution < 1.29 is 5.11 Å². The zero-order valence-corrected chi connectivity index (χ0v) is 7.49. The zero-order valence-electron chi connectivity index (χ0n) is 7.49. The molecular formula is C8H15N3O. The number of nitrogens with two attached hydrogens (primary N) is 1. The molecule has 68 valence electrons. The second kappa shape index (κ2) is 3.25. The molecule has 0 aromatic carbocycles. The quantitative estimate of drug-likeness (QED) is 0.673. The lowest BCUT2D eigenvalue weighted by atomic mass is 10.0. The summed E-state index contributed by atoms with van der Waals surface area (Å²) in [5.41, 5.74) is 5.79. The van der Waals surface area contributed by atoms with Crippen LogP contribution in [0.2, 0.25) is 0 Å². The van der Waals surface area contributed by atoms with Crippen LogP contribution in [0.3, 0.4) is 0 Å². The van der Waals surface area contributed by atoms with Crippen LogP contribution in [0.4, 0.5) is 0 Å². The molecule has 4 heteroatoms. The van der Waals surface area contributed by atoms with Gasteiger partial charge in [0, 0.05) is 12.7 Å². The highest BCUT2D eigenvalue weighted by atomic mass is 16.3. The van der Waals surface area contributed by atoms with Crippen molar-refractivity contribution in [2.24, 2.45) is 5.73 Å². The second-order valence-corrected chi connectivity index (χ2v) is 3.13. The number of hydrogen-bond acceptors (Lipinski definition) is 3. The van der Waals surface area contributed by atoms with Crippen molar-refractivity contribution in [1.82, 2.24) is 9.78 Å². The summed E-state index contributed by atoms with van der Waals surface area (Å²) in [6, 6.07) is 1.83. The summed E-state index contributed by atoms with van der Waals surface area (Å²) >= 11 is 0. The van der Waals surface area contributed by atoms with Crippen LogP contribution in [0.1, 0.15) is 19.5 Å². The molecule has 0 radical (unpaired) electrons. The fourth-order valence-corrected chi connectivity index (χ4v) is 0.923. The average Bonchev–Trinajstić information content (AvgIpc) is 2.52. The molecule has 0 saturated heterocycles. The number of aliphatic hydroxyl groups is 1. The molecule has 1 aromatic rings. The smallest absolute Gasteiger partial charge is 0.0843 e. The Morgan fingerprint density at radius 3 is 2.83 bits per heavy atom. The third kappa shape index (κ3) is 1.65. The van der Waals surface area contributed by atoms with Crippen molar-refractivity contribution in [2.75, 3.05) is 6.61 Å². The maximum absolute atomic E-state index is 8.96. The van der Waals surface area contributed by atoms with Crippen LogP contribution >= 0.6 is 0 Å². The van der Waals surface area contributed by atoms with E-state index in [0.29, 0.717) is 0 Å². The maximum atomic E-state index is 8.96. The van der Waals surface area contributed by atoms with Crippen LogP contribution in [-0.2, 0) is 12.1 Å². The number of rotatable bonds is 3. The molecule has 1 unspecified atom stereocenters. The van der Waals surface area contributed by atoms with Gasteiger partial charge in [0.1, 0.15) is 0 Å².